The first-order valence-electron chi connectivity index (χ1n) is 8.17. The van der Waals surface area contributed by atoms with Gasteiger partial charge in [0.1, 0.15) is 12.2 Å². The molecule has 3 fully saturated rings. The minimum Gasteiger partial charge on any atom is -0.455 e. The highest BCUT2D eigenvalue weighted by atomic mass is 16.6. The van der Waals surface area contributed by atoms with Crippen LogP contribution in [0.15, 0.2) is 36.5 Å². The normalized spacial score (nSPS) is 55.0. The fraction of sp³-hybridized carbons (Fsp3) is 0.579. The monoisotopic (exact) mass is 314 g/mol. The number of esters is 1. The first-order chi connectivity index (χ1) is 10.8. The van der Waals surface area contributed by atoms with E-state index in [0.717, 1.165) is 0 Å². The van der Waals surface area contributed by atoms with E-state index in [4.69, 9.17) is 9.47 Å². The standard InChI is InChI=1S/C19H22O4/c1-6-10-13-14(22-16(10)21)15-17(3)9-8-12(20)18(4,11(17)7-2)19(15,5)23-13/h6-9,11,13-15H,2H2,1,3-5H3/t11-,13+,14-,15+,17?,18?,19+/m0/s1. The Morgan fingerprint density at radius 2 is 1.96 bits per heavy atom. The molecule has 0 spiro atoms. The van der Waals surface area contributed by atoms with Crippen molar-refractivity contribution < 1.29 is 19.1 Å². The summed E-state index contributed by atoms with van der Waals surface area (Å²) in [6, 6.07) is 0. The molecule has 0 radical (unpaired) electrons. The second-order valence-corrected chi connectivity index (χ2v) is 7.72. The van der Waals surface area contributed by atoms with Crippen molar-refractivity contribution in [1.82, 2.24) is 0 Å². The lowest BCUT2D eigenvalue weighted by atomic mass is 9.62. The van der Waals surface area contributed by atoms with Crippen molar-refractivity contribution >= 4 is 11.8 Å². The van der Waals surface area contributed by atoms with Gasteiger partial charge < -0.3 is 9.47 Å². The molecule has 4 heteroatoms. The molecule has 2 aliphatic heterocycles. The van der Waals surface area contributed by atoms with Gasteiger partial charge in [-0.1, -0.05) is 25.2 Å². The molecule has 23 heavy (non-hydrogen) atoms. The highest BCUT2D eigenvalue weighted by Gasteiger charge is 2.79. The summed E-state index contributed by atoms with van der Waals surface area (Å²) in [4.78, 5) is 25.0. The molecular weight excluding hydrogens is 292 g/mol. The molecule has 0 aromatic carbocycles. The van der Waals surface area contributed by atoms with E-state index >= 15 is 0 Å². The van der Waals surface area contributed by atoms with E-state index in [0.29, 0.717) is 5.57 Å². The van der Waals surface area contributed by atoms with Crippen molar-refractivity contribution in [2.24, 2.45) is 22.7 Å². The molecule has 122 valence electrons. The van der Waals surface area contributed by atoms with Gasteiger partial charge >= 0.3 is 5.97 Å². The molecule has 2 saturated heterocycles. The van der Waals surface area contributed by atoms with Crippen molar-refractivity contribution in [2.45, 2.75) is 45.5 Å². The molecule has 2 bridgehead atoms. The lowest BCUT2D eigenvalue weighted by Gasteiger charge is -2.43. The van der Waals surface area contributed by atoms with Crippen molar-refractivity contribution in [3.8, 4) is 0 Å². The molecule has 7 atom stereocenters. The van der Waals surface area contributed by atoms with Gasteiger partial charge in [0.05, 0.1) is 16.6 Å². The zero-order chi connectivity index (χ0) is 16.8. The lowest BCUT2D eigenvalue weighted by Crippen LogP contribution is -2.51. The van der Waals surface area contributed by atoms with Crippen molar-refractivity contribution in [2.75, 3.05) is 0 Å². The van der Waals surface area contributed by atoms with Crippen LogP contribution in [0, 0.1) is 22.7 Å². The molecule has 0 amide bonds. The number of fused-ring (bicyclic) bond motifs is 7. The average Bonchev–Trinajstić information content (AvgIpc) is 2.97. The van der Waals surface area contributed by atoms with E-state index in [1.807, 2.05) is 32.9 Å². The van der Waals surface area contributed by atoms with Crippen LogP contribution in [0.3, 0.4) is 0 Å². The second kappa shape index (κ2) is 4.04. The van der Waals surface area contributed by atoms with Gasteiger partial charge in [0.25, 0.3) is 0 Å². The third-order valence-electron chi connectivity index (χ3n) is 7.02. The Balaban J connectivity index is 1.95. The zero-order valence-electron chi connectivity index (χ0n) is 14.0. The average molecular weight is 314 g/mol. The predicted octanol–water partition coefficient (Wildman–Crippen LogP) is 2.60. The molecule has 4 aliphatic rings. The number of allylic oxidation sites excluding steroid dienone is 4. The van der Waals surface area contributed by atoms with Crippen LogP contribution in [0.25, 0.3) is 0 Å². The van der Waals surface area contributed by atoms with Gasteiger partial charge in [-0.2, -0.15) is 0 Å². The molecule has 2 aliphatic carbocycles. The Morgan fingerprint density at radius 1 is 1.26 bits per heavy atom. The van der Waals surface area contributed by atoms with E-state index in [2.05, 4.69) is 13.5 Å². The van der Waals surface area contributed by atoms with Crippen LogP contribution >= 0.6 is 0 Å². The van der Waals surface area contributed by atoms with Crippen molar-refractivity contribution in [3.63, 3.8) is 0 Å². The maximum Gasteiger partial charge on any atom is 0.336 e. The third-order valence-corrected chi connectivity index (χ3v) is 7.02. The van der Waals surface area contributed by atoms with E-state index in [1.54, 1.807) is 12.2 Å². The summed E-state index contributed by atoms with van der Waals surface area (Å²) in [6.07, 6.45) is 6.56. The van der Waals surface area contributed by atoms with Gasteiger partial charge in [-0.15, -0.1) is 6.58 Å². The highest BCUT2D eigenvalue weighted by Crippen LogP contribution is 2.72. The van der Waals surface area contributed by atoms with Gasteiger partial charge in [-0.25, -0.2) is 4.79 Å². The van der Waals surface area contributed by atoms with E-state index in [1.165, 1.54) is 0 Å². The summed E-state index contributed by atoms with van der Waals surface area (Å²) in [7, 11) is 0. The number of rotatable bonds is 1. The molecule has 0 N–H and O–H groups in total. The van der Waals surface area contributed by atoms with Crippen LogP contribution < -0.4 is 0 Å². The predicted molar refractivity (Wildman–Crippen MR) is 84.5 cm³/mol. The molecule has 0 aromatic heterocycles. The molecule has 4 rings (SSSR count). The zero-order valence-corrected chi connectivity index (χ0v) is 14.0. The molecular formula is C19H22O4. The highest BCUT2D eigenvalue weighted by molar-refractivity contribution is 5.99. The minimum atomic E-state index is -0.696. The smallest absolute Gasteiger partial charge is 0.336 e. The van der Waals surface area contributed by atoms with E-state index in [9.17, 15) is 9.59 Å². The summed E-state index contributed by atoms with van der Waals surface area (Å²) >= 11 is 0. The van der Waals surface area contributed by atoms with Crippen LogP contribution in [0.4, 0.5) is 0 Å². The summed E-state index contributed by atoms with van der Waals surface area (Å²) in [5.74, 6) is -0.350. The number of hydrogen-bond donors (Lipinski definition) is 0. The summed E-state index contributed by atoms with van der Waals surface area (Å²) < 4.78 is 12.1. The third kappa shape index (κ3) is 1.30. The number of carbonyl (C=O) groups excluding carboxylic acids is 2. The van der Waals surface area contributed by atoms with Crippen LogP contribution in [0.5, 0.6) is 0 Å². The molecule has 0 aromatic rings. The molecule has 2 heterocycles. The molecule has 2 unspecified atom stereocenters. The summed E-state index contributed by atoms with van der Waals surface area (Å²) in [6.45, 7) is 11.9. The fourth-order valence-electron chi connectivity index (χ4n) is 5.89. The fourth-order valence-corrected chi connectivity index (χ4v) is 5.89. The maximum absolute atomic E-state index is 12.8. The Hall–Kier alpha value is -1.68. The van der Waals surface area contributed by atoms with E-state index < -0.39 is 11.0 Å². The van der Waals surface area contributed by atoms with Gasteiger partial charge in [0.15, 0.2) is 5.78 Å². The Morgan fingerprint density at radius 3 is 2.57 bits per heavy atom. The Bertz CT molecular complexity index is 704. The van der Waals surface area contributed by atoms with Crippen molar-refractivity contribution in [3.05, 3.63) is 36.5 Å². The largest absolute Gasteiger partial charge is 0.455 e. The SMILES string of the molecule is C=C[C@H]1C2(C)C=CC(=O)C1(C)[C@]1(C)O[C@@H]3C(=CC)C(=O)O[C@@H]3[C@H]21. The van der Waals surface area contributed by atoms with Crippen LogP contribution in [0.1, 0.15) is 27.7 Å². The Kier molecular flexibility index (Phi) is 2.62. The number of ether oxygens (including phenoxy) is 2. The lowest BCUT2D eigenvalue weighted by molar-refractivity contribution is -0.147. The van der Waals surface area contributed by atoms with Gasteiger partial charge in [-0.05, 0) is 26.8 Å². The Labute approximate surface area is 136 Å². The van der Waals surface area contributed by atoms with Gasteiger partial charge in [0.2, 0.25) is 0 Å². The minimum absolute atomic E-state index is 0.0446. The van der Waals surface area contributed by atoms with Crippen LogP contribution in [-0.2, 0) is 19.1 Å². The van der Waals surface area contributed by atoms with Crippen molar-refractivity contribution in [1.29, 1.82) is 0 Å². The first-order valence-corrected chi connectivity index (χ1v) is 8.17. The second-order valence-electron chi connectivity index (χ2n) is 7.72. The quantitative estimate of drug-likeness (QED) is 0.424. The number of carbonyl (C=O) groups is 2. The van der Waals surface area contributed by atoms with Crippen LogP contribution in [-0.4, -0.2) is 29.6 Å². The van der Waals surface area contributed by atoms with Gasteiger partial charge in [-0.3, -0.25) is 4.79 Å². The summed E-state index contributed by atoms with van der Waals surface area (Å²) in [5.41, 5.74) is -1.13. The van der Waals surface area contributed by atoms with Crippen LogP contribution in [0.2, 0.25) is 0 Å². The molecule has 4 nitrogen and oxygen atoms in total. The first kappa shape index (κ1) is 14.9. The number of hydrogen-bond acceptors (Lipinski definition) is 4. The van der Waals surface area contributed by atoms with E-state index in [-0.39, 0.29) is 41.2 Å². The number of ketones is 1. The summed E-state index contributed by atoms with van der Waals surface area (Å²) in [5, 5.41) is 0. The van der Waals surface area contributed by atoms with Gasteiger partial charge in [0, 0.05) is 17.3 Å². The molecule has 1 saturated carbocycles. The maximum atomic E-state index is 12.8. The topological polar surface area (TPSA) is 52.6 Å².